The number of hydrogen-bond acceptors (Lipinski definition) is 1. The second-order valence-corrected chi connectivity index (χ2v) is 2.80. The standard InChI is InChI=1S/C8H11NO/c1-2-7(1)6-10-8-3-4-9-5-8/h3-5,7,9H,1-2,6H2. The molecule has 0 aromatic carbocycles. The van der Waals surface area contributed by atoms with Crippen LogP contribution in [0, 0.1) is 5.92 Å². The Kier molecular flexibility index (Phi) is 1.38. The van der Waals surface area contributed by atoms with E-state index >= 15 is 0 Å². The molecule has 1 aliphatic carbocycles. The molecule has 0 amide bonds. The molecule has 2 nitrogen and oxygen atoms in total. The first-order chi connectivity index (χ1) is 4.95. The van der Waals surface area contributed by atoms with E-state index in [0.717, 1.165) is 18.3 Å². The monoisotopic (exact) mass is 137 g/mol. The number of aromatic nitrogens is 1. The summed E-state index contributed by atoms with van der Waals surface area (Å²) in [4.78, 5) is 2.95. The Hall–Kier alpha value is -0.920. The first-order valence-electron chi connectivity index (χ1n) is 3.71. The number of H-pyrrole nitrogens is 1. The Bertz CT molecular complexity index is 189. The van der Waals surface area contributed by atoms with E-state index < -0.39 is 0 Å². The molecule has 10 heavy (non-hydrogen) atoms. The summed E-state index contributed by atoms with van der Waals surface area (Å²) in [5, 5.41) is 0. The van der Waals surface area contributed by atoms with Gasteiger partial charge >= 0.3 is 0 Å². The van der Waals surface area contributed by atoms with Crippen LogP contribution >= 0.6 is 0 Å². The van der Waals surface area contributed by atoms with Gasteiger partial charge in [-0.15, -0.1) is 0 Å². The fourth-order valence-electron chi connectivity index (χ4n) is 0.897. The molecule has 2 rings (SSSR count). The lowest BCUT2D eigenvalue weighted by Gasteiger charge is -1.99. The molecule has 0 atom stereocenters. The molecule has 0 bridgehead atoms. The third kappa shape index (κ3) is 1.32. The van der Waals surface area contributed by atoms with Crippen LogP contribution in [0.25, 0.3) is 0 Å². The van der Waals surface area contributed by atoms with Crippen molar-refractivity contribution in [3.05, 3.63) is 18.5 Å². The van der Waals surface area contributed by atoms with E-state index in [1.165, 1.54) is 12.8 Å². The molecular weight excluding hydrogens is 126 g/mol. The van der Waals surface area contributed by atoms with Gasteiger partial charge in [0.1, 0.15) is 5.75 Å². The largest absolute Gasteiger partial charge is 0.492 e. The summed E-state index contributed by atoms with van der Waals surface area (Å²) in [7, 11) is 0. The van der Waals surface area contributed by atoms with Crippen molar-refractivity contribution in [2.24, 2.45) is 5.92 Å². The summed E-state index contributed by atoms with van der Waals surface area (Å²) >= 11 is 0. The molecular formula is C8H11NO. The van der Waals surface area contributed by atoms with Crippen LogP contribution in [0.2, 0.25) is 0 Å². The molecule has 0 unspecified atom stereocenters. The van der Waals surface area contributed by atoms with Crippen molar-refractivity contribution in [1.29, 1.82) is 0 Å². The van der Waals surface area contributed by atoms with E-state index in [1.54, 1.807) is 0 Å². The maximum absolute atomic E-state index is 5.44. The molecule has 1 fully saturated rings. The van der Waals surface area contributed by atoms with E-state index in [1.807, 2.05) is 18.5 Å². The Morgan fingerprint density at radius 1 is 1.60 bits per heavy atom. The third-order valence-electron chi connectivity index (χ3n) is 1.75. The molecule has 1 heterocycles. The molecule has 1 aromatic heterocycles. The summed E-state index contributed by atoms with van der Waals surface area (Å²) in [6, 6.07) is 1.95. The number of ether oxygens (including phenoxy) is 1. The Balaban J connectivity index is 1.79. The maximum atomic E-state index is 5.44. The van der Waals surface area contributed by atoms with E-state index in [0.29, 0.717) is 0 Å². The van der Waals surface area contributed by atoms with Crippen molar-refractivity contribution < 1.29 is 4.74 Å². The van der Waals surface area contributed by atoms with Gasteiger partial charge in [-0.3, -0.25) is 0 Å². The highest BCUT2D eigenvalue weighted by molar-refractivity contribution is 5.15. The SMILES string of the molecule is c1cc(OCC2CC2)c[nH]1. The fourth-order valence-corrected chi connectivity index (χ4v) is 0.897. The van der Waals surface area contributed by atoms with Crippen molar-refractivity contribution in [3.63, 3.8) is 0 Å². The van der Waals surface area contributed by atoms with Gasteiger partial charge in [0, 0.05) is 12.4 Å². The smallest absolute Gasteiger partial charge is 0.136 e. The van der Waals surface area contributed by atoms with Gasteiger partial charge in [-0.25, -0.2) is 0 Å². The number of nitrogens with one attached hydrogen (secondary N) is 1. The van der Waals surface area contributed by atoms with Crippen LogP contribution in [-0.2, 0) is 0 Å². The minimum Gasteiger partial charge on any atom is -0.492 e. The number of rotatable bonds is 3. The zero-order valence-corrected chi connectivity index (χ0v) is 5.84. The summed E-state index contributed by atoms with van der Waals surface area (Å²) in [5.41, 5.74) is 0. The van der Waals surface area contributed by atoms with Gasteiger partial charge in [0.05, 0.1) is 6.61 Å². The minimum absolute atomic E-state index is 0.842. The molecule has 0 saturated heterocycles. The predicted molar refractivity (Wildman–Crippen MR) is 39.0 cm³/mol. The molecule has 0 radical (unpaired) electrons. The van der Waals surface area contributed by atoms with Crippen LogP contribution in [0.3, 0.4) is 0 Å². The van der Waals surface area contributed by atoms with Crippen molar-refractivity contribution in [2.45, 2.75) is 12.8 Å². The molecule has 1 aromatic rings. The predicted octanol–water partition coefficient (Wildman–Crippen LogP) is 1.80. The second kappa shape index (κ2) is 2.37. The van der Waals surface area contributed by atoms with Crippen LogP contribution in [-0.4, -0.2) is 11.6 Å². The number of hydrogen-bond donors (Lipinski definition) is 1. The van der Waals surface area contributed by atoms with Gasteiger partial charge < -0.3 is 9.72 Å². The molecule has 1 aliphatic rings. The highest BCUT2D eigenvalue weighted by Gasteiger charge is 2.21. The maximum Gasteiger partial charge on any atom is 0.136 e. The average molecular weight is 137 g/mol. The van der Waals surface area contributed by atoms with Gasteiger partial charge in [-0.2, -0.15) is 0 Å². The first kappa shape index (κ1) is 5.83. The van der Waals surface area contributed by atoms with Crippen LogP contribution in [0.15, 0.2) is 18.5 Å². The quantitative estimate of drug-likeness (QED) is 0.675. The molecule has 0 aliphatic heterocycles. The van der Waals surface area contributed by atoms with Crippen molar-refractivity contribution >= 4 is 0 Å². The van der Waals surface area contributed by atoms with Gasteiger partial charge in [-0.05, 0) is 24.8 Å². The van der Waals surface area contributed by atoms with Crippen LogP contribution in [0.1, 0.15) is 12.8 Å². The second-order valence-electron chi connectivity index (χ2n) is 2.80. The molecule has 2 heteroatoms. The normalized spacial score (nSPS) is 17.2. The topological polar surface area (TPSA) is 25.0 Å². The molecule has 54 valence electrons. The summed E-state index contributed by atoms with van der Waals surface area (Å²) in [5.74, 6) is 1.81. The van der Waals surface area contributed by atoms with E-state index in [2.05, 4.69) is 4.98 Å². The lowest BCUT2D eigenvalue weighted by molar-refractivity contribution is 0.300. The van der Waals surface area contributed by atoms with E-state index in [4.69, 9.17) is 4.74 Å². The number of aromatic amines is 1. The first-order valence-corrected chi connectivity index (χ1v) is 3.71. The minimum atomic E-state index is 0.842. The van der Waals surface area contributed by atoms with Crippen molar-refractivity contribution in [3.8, 4) is 5.75 Å². The zero-order valence-electron chi connectivity index (χ0n) is 5.84. The fraction of sp³-hybridized carbons (Fsp3) is 0.500. The van der Waals surface area contributed by atoms with Crippen LogP contribution in [0.5, 0.6) is 5.75 Å². The highest BCUT2D eigenvalue weighted by atomic mass is 16.5. The average Bonchev–Trinajstić information content (AvgIpc) is 2.63. The lowest BCUT2D eigenvalue weighted by atomic mass is 10.5. The van der Waals surface area contributed by atoms with Crippen LogP contribution < -0.4 is 4.74 Å². The van der Waals surface area contributed by atoms with Crippen molar-refractivity contribution in [1.82, 2.24) is 4.98 Å². The Labute approximate surface area is 60.2 Å². The molecule has 0 spiro atoms. The summed E-state index contributed by atoms with van der Waals surface area (Å²) < 4.78 is 5.44. The Morgan fingerprint density at radius 3 is 3.10 bits per heavy atom. The van der Waals surface area contributed by atoms with Gasteiger partial charge in [0.25, 0.3) is 0 Å². The Morgan fingerprint density at radius 2 is 2.50 bits per heavy atom. The highest BCUT2D eigenvalue weighted by Crippen LogP contribution is 2.29. The lowest BCUT2D eigenvalue weighted by Crippen LogP contribution is -1.97. The van der Waals surface area contributed by atoms with Gasteiger partial charge in [-0.1, -0.05) is 0 Å². The van der Waals surface area contributed by atoms with Gasteiger partial charge in [0.2, 0.25) is 0 Å². The molecule has 1 N–H and O–H groups in total. The summed E-state index contributed by atoms with van der Waals surface area (Å²) in [6.07, 6.45) is 6.46. The molecule has 1 saturated carbocycles. The van der Waals surface area contributed by atoms with E-state index in [-0.39, 0.29) is 0 Å². The third-order valence-corrected chi connectivity index (χ3v) is 1.75. The summed E-state index contributed by atoms with van der Waals surface area (Å²) in [6.45, 7) is 0.901. The van der Waals surface area contributed by atoms with Crippen molar-refractivity contribution in [2.75, 3.05) is 6.61 Å². The van der Waals surface area contributed by atoms with Gasteiger partial charge in [0.15, 0.2) is 0 Å². The zero-order chi connectivity index (χ0) is 6.81. The van der Waals surface area contributed by atoms with E-state index in [9.17, 15) is 0 Å². The van der Waals surface area contributed by atoms with Crippen LogP contribution in [0.4, 0.5) is 0 Å².